The maximum absolute atomic E-state index is 9.00. The number of unbranched alkanes of at least 4 members (excludes halogenated alkanes) is 2. The number of hydrogen-bond acceptors (Lipinski definition) is 5. The van der Waals surface area contributed by atoms with E-state index in [0.29, 0.717) is 5.70 Å². The summed E-state index contributed by atoms with van der Waals surface area (Å²) in [5.41, 5.74) is 11.6. The minimum absolute atomic E-state index is 0.00606. The Labute approximate surface area is 131 Å². The molecular formula is C14H30N2O6. The molecule has 1 unspecified atom stereocenters. The van der Waals surface area contributed by atoms with Crippen LogP contribution in [-0.2, 0) is 14.4 Å². The molecule has 1 atom stereocenters. The Morgan fingerprint density at radius 2 is 1.23 bits per heavy atom. The van der Waals surface area contributed by atoms with Crippen molar-refractivity contribution < 1.29 is 29.7 Å². The predicted octanol–water partition coefficient (Wildman–Crippen LogP) is 1.64. The molecule has 0 aromatic carbocycles. The Morgan fingerprint density at radius 3 is 1.41 bits per heavy atom. The fraction of sp³-hybridized carbons (Fsp3) is 0.643. The van der Waals surface area contributed by atoms with Crippen LogP contribution < -0.4 is 11.5 Å². The molecule has 0 aliphatic heterocycles. The molecule has 0 bridgehead atoms. The van der Waals surface area contributed by atoms with Gasteiger partial charge in [0.05, 0.1) is 0 Å². The van der Waals surface area contributed by atoms with Crippen LogP contribution in [0.5, 0.6) is 0 Å². The quantitative estimate of drug-likeness (QED) is 0.476. The van der Waals surface area contributed by atoms with E-state index in [-0.39, 0.29) is 6.04 Å². The molecule has 0 fully saturated rings. The second-order valence-electron chi connectivity index (χ2n) is 4.23. The minimum Gasteiger partial charge on any atom is -0.481 e. The van der Waals surface area contributed by atoms with Gasteiger partial charge in [-0.15, -0.1) is 0 Å². The highest BCUT2D eigenvalue weighted by atomic mass is 16.4. The predicted molar refractivity (Wildman–Crippen MR) is 85.4 cm³/mol. The van der Waals surface area contributed by atoms with Crippen LogP contribution >= 0.6 is 0 Å². The fourth-order valence-electron chi connectivity index (χ4n) is 0.800. The van der Waals surface area contributed by atoms with Gasteiger partial charge in [0.2, 0.25) is 0 Å². The highest BCUT2D eigenvalue weighted by molar-refractivity contribution is 5.63. The van der Waals surface area contributed by atoms with Crippen molar-refractivity contribution >= 4 is 17.9 Å². The van der Waals surface area contributed by atoms with Crippen LogP contribution in [0.25, 0.3) is 0 Å². The summed E-state index contributed by atoms with van der Waals surface area (Å²) in [7, 11) is 0. The van der Waals surface area contributed by atoms with Crippen LogP contribution in [0, 0.1) is 0 Å². The van der Waals surface area contributed by atoms with Crippen molar-refractivity contribution in [1.82, 2.24) is 0 Å². The molecule has 0 aromatic rings. The van der Waals surface area contributed by atoms with Crippen LogP contribution in [0.3, 0.4) is 0 Å². The van der Waals surface area contributed by atoms with Gasteiger partial charge in [-0.3, -0.25) is 14.4 Å². The topological polar surface area (TPSA) is 164 Å². The van der Waals surface area contributed by atoms with Crippen LogP contribution in [0.15, 0.2) is 12.3 Å². The van der Waals surface area contributed by atoms with E-state index in [4.69, 9.17) is 41.2 Å². The molecule has 0 spiro atoms. The normalized spacial score (nSPS) is 9.32. The molecule has 0 saturated carbocycles. The lowest BCUT2D eigenvalue weighted by Crippen LogP contribution is -2.26. The summed E-state index contributed by atoms with van der Waals surface area (Å²) in [6, 6.07) is 0.00606. The number of rotatable bonds is 5. The van der Waals surface area contributed by atoms with E-state index >= 15 is 0 Å². The van der Waals surface area contributed by atoms with E-state index in [1.165, 1.54) is 12.8 Å². The summed E-state index contributed by atoms with van der Waals surface area (Å²) in [5.74, 6) is -2.50. The average molecular weight is 322 g/mol. The molecule has 8 heteroatoms. The average Bonchev–Trinajstić information content (AvgIpc) is 2.26. The molecule has 0 saturated heterocycles. The maximum Gasteiger partial charge on any atom is 0.300 e. The second kappa shape index (κ2) is 21.2. The summed E-state index contributed by atoms with van der Waals surface area (Å²) in [6.07, 6.45) is 4.60. The number of carboxylic acids is 3. The van der Waals surface area contributed by atoms with Gasteiger partial charge in [-0.1, -0.05) is 32.8 Å². The first-order valence-corrected chi connectivity index (χ1v) is 6.66. The molecule has 0 aliphatic rings. The summed E-state index contributed by atoms with van der Waals surface area (Å²) < 4.78 is 0. The zero-order chi connectivity index (χ0) is 18.7. The molecule has 7 N–H and O–H groups in total. The van der Waals surface area contributed by atoms with Crippen LogP contribution in [-0.4, -0.2) is 39.3 Å². The number of aliphatic carboxylic acids is 3. The van der Waals surface area contributed by atoms with Crippen molar-refractivity contribution in [2.24, 2.45) is 11.5 Å². The first-order chi connectivity index (χ1) is 9.88. The lowest BCUT2D eigenvalue weighted by molar-refractivity contribution is -0.135. The summed E-state index contributed by atoms with van der Waals surface area (Å²) in [6.45, 7) is 9.01. The maximum atomic E-state index is 9.00. The monoisotopic (exact) mass is 322 g/mol. The Balaban J connectivity index is -0.000000112. The second-order valence-corrected chi connectivity index (χ2v) is 4.23. The Kier molecular flexibility index (Phi) is 27.1. The Bertz CT molecular complexity index is 278. The van der Waals surface area contributed by atoms with Gasteiger partial charge < -0.3 is 26.8 Å². The number of hydrogen-bond donors (Lipinski definition) is 5. The van der Waals surface area contributed by atoms with E-state index in [2.05, 4.69) is 13.5 Å². The third-order valence-electron chi connectivity index (χ3n) is 1.59. The van der Waals surface area contributed by atoms with E-state index in [9.17, 15) is 0 Å². The van der Waals surface area contributed by atoms with Crippen molar-refractivity contribution in [3.05, 3.63) is 12.3 Å². The molecule has 0 aromatic heterocycles. The van der Waals surface area contributed by atoms with Gasteiger partial charge in [0, 0.05) is 32.5 Å². The molecule has 0 rings (SSSR count). The number of nitrogens with two attached hydrogens (primary N) is 2. The van der Waals surface area contributed by atoms with Crippen LogP contribution in [0.4, 0.5) is 0 Å². The van der Waals surface area contributed by atoms with Gasteiger partial charge in [0.15, 0.2) is 0 Å². The van der Waals surface area contributed by atoms with E-state index in [1.807, 2.05) is 0 Å². The summed E-state index contributed by atoms with van der Waals surface area (Å²) in [4.78, 5) is 27.0. The molecule has 8 nitrogen and oxygen atoms in total. The van der Waals surface area contributed by atoms with Crippen LogP contribution in [0.1, 0.15) is 53.4 Å². The van der Waals surface area contributed by atoms with Gasteiger partial charge in [0.25, 0.3) is 17.9 Å². The molecule has 0 radical (unpaired) electrons. The molecule has 0 aliphatic carbocycles. The van der Waals surface area contributed by atoms with Gasteiger partial charge in [-0.2, -0.15) is 0 Å². The zero-order valence-corrected chi connectivity index (χ0v) is 13.8. The first-order valence-electron chi connectivity index (χ1n) is 6.66. The highest BCUT2D eigenvalue weighted by Gasteiger charge is 2.01. The molecule has 132 valence electrons. The van der Waals surface area contributed by atoms with Crippen molar-refractivity contribution in [2.45, 2.75) is 59.4 Å². The van der Waals surface area contributed by atoms with E-state index in [0.717, 1.165) is 33.6 Å². The smallest absolute Gasteiger partial charge is 0.300 e. The standard InChI is InChI=1S/C8H18N2.3C2H4O2/c1-3-4-5-6-8(10)7(2)9;3*1-2(3)4/h8H,2-6,9-10H2,1H3;3*1H3,(H,3,4). The van der Waals surface area contributed by atoms with Crippen molar-refractivity contribution in [1.29, 1.82) is 0 Å². The minimum atomic E-state index is -0.833. The van der Waals surface area contributed by atoms with Crippen molar-refractivity contribution in [3.8, 4) is 0 Å². The van der Waals surface area contributed by atoms with E-state index in [1.54, 1.807) is 0 Å². The Hall–Kier alpha value is -2.09. The van der Waals surface area contributed by atoms with Gasteiger partial charge in [-0.05, 0) is 6.42 Å². The first kappa shape index (κ1) is 28.1. The van der Waals surface area contributed by atoms with E-state index < -0.39 is 17.9 Å². The molecular weight excluding hydrogens is 292 g/mol. The van der Waals surface area contributed by atoms with Gasteiger partial charge >= 0.3 is 0 Å². The highest BCUT2D eigenvalue weighted by Crippen LogP contribution is 2.03. The summed E-state index contributed by atoms with van der Waals surface area (Å²) >= 11 is 0. The number of carboxylic acid groups (broad SMARTS) is 3. The largest absolute Gasteiger partial charge is 0.481 e. The third kappa shape index (κ3) is 107. The zero-order valence-electron chi connectivity index (χ0n) is 13.8. The SMILES string of the molecule is C=C(N)C(N)CCCCC.CC(=O)O.CC(=O)O.CC(=O)O. The van der Waals surface area contributed by atoms with Crippen molar-refractivity contribution in [3.63, 3.8) is 0 Å². The lowest BCUT2D eigenvalue weighted by atomic mass is 10.1. The fourth-order valence-corrected chi connectivity index (χ4v) is 0.800. The Morgan fingerprint density at radius 1 is 0.955 bits per heavy atom. The van der Waals surface area contributed by atoms with Crippen LogP contribution in [0.2, 0.25) is 0 Å². The number of carbonyl (C=O) groups is 3. The molecule has 0 heterocycles. The third-order valence-corrected chi connectivity index (χ3v) is 1.59. The van der Waals surface area contributed by atoms with Gasteiger partial charge in [0.1, 0.15) is 0 Å². The lowest BCUT2D eigenvalue weighted by Gasteiger charge is -2.09. The van der Waals surface area contributed by atoms with Gasteiger partial charge in [-0.25, -0.2) is 0 Å². The molecule has 22 heavy (non-hydrogen) atoms. The van der Waals surface area contributed by atoms with Crippen molar-refractivity contribution in [2.75, 3.05) is 0 Å². The summed E-state index contributed by atoms with van der Waals surface area (Å²) in [5, 5.41) is 22.2. The molecule has 0 amide bonds.